The molecular weight excluding hydrogens is 252 g/mol. The lowest BCUT2D eigenvalue weighted by Gasteiger charge is -2.19. The van der Waals surface area contributed by atoms with E-state index in [4.69, 9.17) is 4.98 Å². The molecule has 0 saturated heterocycles. The minimum absolute atomic E-state index is 0.671. The predicted octanol–water partition coefficient (Wildman–Crippen LogP) is 4.11. The monoisotopic (exact) mass is 276 g/mol. The van der Waals surface area contributed by atoms with Crippen LogP contribution in [0.1, 0.15) is 32.2 Å². The molecule has 0 spiro atoms. The molecule has 2 unspecified atom stereocenters. The van der Waals surface area contributed by atoms with E-state index in [9.17, 15) is 0 Å². The second-order valence-corrected chi connectivity index (χ2v) is 6.55. The van der Waals surface area contributed by atoms with Gasteiger partial charge in [-0.1, -0.05) is 32.9 Å². The van der Waals surface area contributed by atoms with Crippen LogP contribution in [0, 0.1) is 11.8 Å². The molecule has 104 valence electrons. The van der Waals surface area contributed by atoms with Crippen LogP contribution in [0.2, 0.25) is 0 Å². The van der Waals surface area contributed by atoms with Crippen LogP contribution in [0.4, 0.5) is 0 Å². The fourth-order valence-corrected chi connectivity index (χ4v) is 3.30. The van der Waals surface area contributed by atoms with Crippen molar-refractivity contribution < 1.29 is 0 Å². The van der Waals surface area contributed by atoms with E-state index in [0.29, 0.717) is 11.8 Å². The molecule has 0 bridgehead atoms. The van der Waals surface area contributed by atoms with Gasteiger partial charge in [0.1, 0.15) is 0 Å². The van der Waals surface area contributed by atoms with E-state index in [1.807, 2.05) is 11.3 Å². The van der Waals surface area contributed by atoms with Crippen molar-refractivity contribution in [3.63, 3.8) is 0 Å². The molecule has 2 nitrogen and oxygen atoms in total. The van der Waals surface area contributed by atoms with Crippen LogP contribution < -0.4 is 5.32 Å². The van der Waals surface area contributed by atoms with E-state index >= 15 is 0 Å². The lowest BCUT2D eigenvalue weighted by Crippen LogP contribution is -2.26. The Kier molecular flexibility index (Phi) is 5.34. The average Bonchev–Trinajstić information content (AvgIpc) is 2.80. The average molecular weight is 276 g/mol. The summed E-state index contributed by atoms with van der Waals surface area (Å²) < 4.78 is 1.31. The Labute approximate surface area is 120 Å². The molecular formula is C16H24N2S. The van der Waals surface area contributed by atoms with Crippen LogP contribution in [-0.2, 0) is 6.42 Å². The van der Waals surface area contributed by atoms with E-state index < -0.39 is 0 Å². The SMILES string of the molecule is CCCNCC(C)C(C)Cc1nc2ccccc2s1. The Bertz CT molecular complexity index is 473. The first-order chi connectivity index (χ1) is 9.20. The second kappa shape index (κ2) is 7.01. The minimum atomic E-state index is 0.671. The van der Waals surface area contributed by atoms with E-state index in [-0.39, 0.29) is 0 Å². The van der Waals surface area contributed by atoms with E-state index in [1.165, 1.54) is 16.1 Å². The predicted molar refractivity (Wildman–Crippen MR) is 84.8 cm³/mol. The summed E-state index contributed by atoms with van der Waals surface area (Å²) in [5.74, 6) is 1.36. The van der Waals surface area contributed by atoms with Crippen LogP contribution in [0.25, 0.3) is 10.2 Å². The number of aromatic nitrogens is 1. The molecule has 1 aromatic heterocycles. The molecule has 1 heterocycles. The molecule has 3 heteroatoms. The van der Waals surface area contributed by atoms with Gasteiger partial charge in [-0.05, 0) is 43.5 Å². The number of benzene rings is 1. The number of nitrogens with zero attached hydrogens (tertiary/aromatic N) is 1. The Hall–Kier alpha value is -0.930. The number of nitrogens with one attached hydrogen (secondary N) is 1. The number of hydrogen-bond donors (Lipinski definition) is 1. The molecule has 0 aliphatic carbocycles. The van der Waals surface area contributed by atoms with Crippen molar-refractivity contribution >= 4 is 21.6 Å². The van der Waals surface area contributed by atoms with Gasteiger partial charge in [-0.2, -0.15) is 0 Å². The summed E-state index contributed by atoms with van der Waals surface area (Å²) in [7, 11) is 0. The number of para-hydroxylation sites is 1. The van der Waals surface area contributed by atoms with Crippen LogP contribution in [0.15, 0.2) is 24.3 Å². The molecule has 2 atom stereocenters. The highest BCUT2D eigenvalue weighted by atomic mass is 32.1. The number of thiazole rings is 1. The van der Waals surface area contributed by atoms with Crippen LogP contribution in [-0.4, -0.2) is 18.1 Å². The third-order valence-corrected chi connectivity index (χ3v) is 4.76. The van der Waals surface area contributed by atoms with Crippen molar-refractivity contribution in [2.24, 2.45) is 11.8 Å². The van der Waals surface area contributed by atoms with Crippen LogP contribution in [0.3, 0.4) is 0 Å². The summed E-state index contributed by atoms with van der Waals surface area (Å²) in [5, 5.41) is 4.79. The van der Waals surface area contributed by atoms with E-state index in [0.717, 1.165) is 25.0 Å². The van der Waals surface area contributed by atoms with E-state index in [2.05, 4.69) is 50.4 Å². The molecule has 0 radical (unpaired) electrons. The third-order valence-electron chi connectivity index (χ3n) is 3.70. The van der Waals surface area contributed by atoms with Gasteiger partial charge >= 0.3 is 0 Å². The van der Waals surface area contributed by atoms with Crippen molar-refractivity contribution in [2.45, 2.75) is 33.6 Å². The zero-order chi connectivity index (χ0) is 13.7. The smallest absolute Gasteiger partial charge is 0.0941 e. The fraction of sp³-hybridized carbons (Fsp3) is 0.562. The number of rotatable bonds is 7. The van der Waals surface area contributed by atoms with E-state index in [1.54, 1.807) is 0 Å². The summed E-state index contributed by atoms with van der Waals surface area (Å²) >= 11 is 1.84. The first-order valence-electron chi connectivity index (χ1n) is 7.26. The van der Waals surface area contributed by atoms with Gasteiger partial charge in [-0.3, -0.25) is 0 Å². The largest absolute Gasteiger partial charge is 0.316 e. The summed E-state index contributed by atoms with van der Waals surface area (Å²) in [6.45, 7) is 9.12. The van der Waals surface area contributed by atoms with Gasteiger partial charge in [0.15, 0.2) is 0 Å². The number of hydrogen-bond acceptors (Lipinski definition) is 3. The van der Waals surface area contributed by atoms with Gasteiger partial charge in [-0.15, -0.1) is 11.3 Å². The second-order valence-electron chi connectivity index (χ2n) is 5.44. The maximum Gasteiger partial charge on any atom is 0.0941 e. The zero-order valence-electron chi connectivity index (χ0n) is 12.1. The Morgan fingerprint density at radius 3 is 2.74 bits per heavy atom. The van der Waals surface area contributed by atoms with Crippen molar-refractivity contribution in [3.05, 3.63) is 29.3 Å². The standard InChI is InChI=1S/C16H24N2S/c1-4-9-17-11-13(3)12(2)10-16-18-14-7-5-6-8-15(14)19-16/h5-8,12-13,17H,4,9-11H2,1-3H3. The molecule has 2 aromatic rings. The highest BCUT2D eigenvalue weighted by Crippen LogP contribution is 2.25. The van der Waals surface area contributed by atoms with Crippen molar-refractivity contribution in [1.82, 2.24) is 10.3 Å². The third kappa shape index (κ3) is 4.02. The Morgan fingerprint density at radius 2 is 2.00 bits per heavy atom. The van der Waals surface area contributed by atoms with Gasteiger partial charge in [0.05, 0.1) is 15.2 Å². The topological polar surface area (TPSA) is 24.9 Å². The Morgan fingerprint density at radius 1 is 1.21 bits per heavy atom. The van der Waals surface area contributed by atoms with Crippen molar-refractivity contribution in [2.75, 3.05) is 13.1 Å². The normalized spacial score (nSPS) is 14.7. The summed E-state index contributed by atoms with van der Waals surface area (Å²) in [6.07, 6.45) is 2.30. The fourth-order valence-electron chi connectivity index (χ4n) is 2.19. The lowest BCUT2D eigenvalue weighted by atomic mass is 9.93. The van der Waals surface area contributed by atoms with Crippen LogP contribution in [0.5, 0.6) is 0 Å². The van der Waals surface area contributed by atoms with Gasteiger partial charge < -0.3 is 5.32 Å². The Balaban J connectivity index is 1.92. The van der Waals surface area contributed by atoms with Crippen molar-refractivity contribution in [1.29, 1.82) is 0 Å². The molecule has 1 N–H and O–H groups in total. The summed E-state index contributed by atoms with van der Waals surface area (Å²) in [6, 6.07) is 8.41. The van der Waals surface area contributed by atoms with Crippen LogP contribution >= 0.6 is 11.3 Å². The zero-order valence-corrected chi connectivity index (χ0v) is 13.0. The highest BCUT2D eigenvalue weighted by molar-refractivity contribution is 7.18. The minimum Gasteiger partial charge on any atom is -0.316 e. The maximum atomic E-state index is 4.73. The quantitative estimate of drug-likeness (QED) is 0.770. The molecule has 0 aliphatic heterocycles. The lowest BCUT2D eigenvalue weighted by molar-refractivity contribution is 0.365. The highest BCUT2D eigenvalue weighted by Gasteiger charge is 2.14. The number of fused-ring (bicyclic) bond motifs is 1. The van der Waals surface area contributed by atoms with Crippen molar-refractivity contribution in [3.8, 4) is 0 Å². The van der Waals surface area contributed by atoms with Gasteiger partial charge in [0.25, 0.3) is 0 Å². The maximum absolute atomic E-state index is 4.73. The molecule has 0 fully saturated rings. The first-order valence-corrected chi connectivity index (χ1v) is 8.07. The van der Waals surface area contributed by atoms with Gasteiger partial charge in [0, 0.05) is 6.42 Å². The summed E-state index contributed by atoms with van der Waals surface area (Å²) in [4.78, 5) is 4.73. The molecule has 0 amide bonds. The molecule has 0 aliphatic rings. The first kappa shape index (κ1) is 14.5. The van der Waals surface area contributed by atoms with Gasteiger partial charge in [-0.25, -0.2) is 4.98 Å². The summed E-state index contributed by atoms with van der Waals surface area (Å²) in [5.41, 5.74) is 1.14. The molecule has 0 saturated carbocycles. The van der Waals surface area contributed by atoms with Gasteiger partial charge in [0.2, 0.25) is 0 Å². The molecule has 19 heavy (non-hydrogen) atoms. The molecule has 2 rings (SSSR count). The molecule has 1 aromatic carbocycles.